The molecule has 0 spiro atoms. The third kappa shape index (κ3) is 13.3. The summed E-state index contributed by atoms with van der Waals surface area (Å²) in [6.45, 7) is 7.42. The fourth-order valence-corrected chi connectivity index (χ4v) is 6.94. The van der Waals surface area contributed by atoms with E-state index in [-0.39, 0.29) is 18.1 Å². The number of carbonyl (C=O) groups is 2. The van der Waals surface area contributed by atoms with Gasteiger partial charge in [0.25, 0.3) is 0 Å². The van der Waals surface area contributed by atoms with Gasteiger partial charge in [0, 0.05) is 5.57 Å². The van der Waals surface area contributed by atoms with Gasteiger partial charge in [0.1, 0.15) is 54.9 Å². The van der Waals surface area contributed by atoms with Crippen molar-refractivity contribution < 1.29 is 88.3 Å². The molecule has 3 rings (SSSR count). The first-order valence-electron chi connectivity index (χ1n) is 19.8. The predicted molar refractivity (Wildman–Crippen MR) is 194 cm³/mol. The Kier molecular flexibility index (Phi) is 20.5. The van der Waals surface area contributed by atoms with Crippen molar-refractivity contribution in [3.05, 3.63) is 11.6 Å². The van der Waals surface area contributed by atoms with E-state index in [1.807, 2.05) is 6.92 Å². The van der Waals surface area contributed by atoms with E-state index in [0.717, 1.165) is 38.5 Å². The Hall–Kier alpha value is -1.88. The van der Waals surface area contributed by atoms with Gasteiger partial charge < -0.3 is 78.7 Å². The van der Waals surface area contributed by atoms with Crippen molar-refractivity contribution >= 4 is 11.9 Å². The Morgan fingerprint density at radius 3 is 1.91 bits per heavy atom. The average Bonchev–Trinajstić information content (AvgIpc) is 3.17. The molecule has 0 aromatic rings. The Labute approximate surface area is 328 Å². The molecule has 0 saturated carbocycles. The lowest BCUT2D eigenvalue weighted by Gasteiger charge is -2.48. The van der Waals surface area contributed by atoms with E-state index < -0.39 is 117 Å². The minimum atomic E-state index is -1.83. The van der Waals surface area contributed by atoms with Gasteiger partial charge in [-0.25, -0.2) is 4.79 Å². The van der Waals surface area contributed by atoms with Crippen LogP contribution in [-0.4, -0.2) is 171 Å². The first-order chi connectivity index (χ1) is 26.6. The summed E-state index contributed by atoms with van der Waals surface area (Å²) < 4.78 is 46.0. The van der Waals surface area contributed by atoms with Gasteiger partial charge in [-0.2, -0.15) is 0 Å². The maximum Gasteiger partial charge on any atom is 0.333 e. The molecule has 3 heterocycles. The maximum atomic E-state index is 12.4. The summed E-state index contributed by atoms with van der Waals surface area (Å²) >= 11 is 0. The number of ether oxygens (including phenoxy) is 8. The lowest BCUT2D eigenvalue weighted by atomic mass is 9.96. The quantitative estimate of drug-likeness (QED) is 0.0425. The number of aliphatic hydroxyl groups is 8. The molecule has 0 aliphatic carbocycles. The number of methoxy groups -OCH3 is 1. The summed E-state index contributed by atoms with van der Waals surface area (Å²) in [7, 11) is 1.28. The van der Waals surface area contributed by atoms with E-state index >= 15 is 0 Å². The SMILES string of the molecule is CC=C(C)C(=O)OC1C(C)OC(OC2C(OC3C(OC(CCC)CCCCCCCC(O)CC(=O)OC)OC(C)C(O)C3O)OC(CO)C(O)C2O)C(O)C1O. The van der Waals surface area contributed by atoms with Crippen LogP contribution in [0.2, 0.25) is 0 Å². The molecular weight excluding hydrogens is 744 g/mol. The van der Waals surface area contributed by atoms with Crippen molar-refractivity contribution in [1.82, 2.24) is 0 Å². The molecule has 3 saturated heterocycles. The van der Waals surface area contributed by atoms with E-state index in [1.54, 1.807) is 13.8 Å². The molecule has 56 heavy (non-hydrogen) atoms. The molecule has 8 N–H and O–H groups in total. The second-order valence-electron chi connectivity index (χ2n) is 15.0. The van der Waals surface area contributed by atoms with Crippen LogP contribution in [0, 0.1) is 0 Å². The first kappa shape index (κ1) is 48.5. The number of allylic oxidation sites excluding steroid dienone is 1. The molecule has 0 radical (unpaired) electrons. The van der Waals surface area contributed by atoms with Gasteiger partial charge in [0.15, 0.2) is 25.0 Å². The number of hydrogen-bond acceptors (Lipinski definition) is 18. The summed E-state index contributed by atoms with van der Waals surface area (Å²) in [6.07, 6.45) is -15.3. The average molecular weight is 811 g/mol. The Bertz CT molecular complexity index is 1210. The van der Waals surface area contributed by atoms with E-state index in [0.29, 0.717) is 19.3 Å². The second kappa shape index (κ2) is 23.6. The van der Waals surface area contributed by atoms with Crippen LogP contribution in [0.15, 0.2) is 11.6 Å². The van der Waals surface area contributed by atoms with Crippen LogP contribution in [0.3, 0.4) is 0 Å². The topological polar surface area (TPSA) is 270 Å². The smallest absolute Gasteiger partial charge is 0.333 e. The molecular formula is C38H66O18. The molecule has 0 aromatic carbocycles. The maximum absolute atomic E-state index is 12.4. The molecule has 18 nitrogen and oxygen atoms in total. The predicted octanol–water partition coefficient (Wildman–Crippen LogP) is -0.153. The molecule has 0 bridgehead atoms. The van der Waals surface area contributed by atoms with Crippen LogP contribution in [0.25, 0.3) is 0 Å². The molecule has 0 aromatic heterocycles. The molecule has 326 valence electrons. The highest BCUT2D eigenvalue weighted by molar-refractivity contribution is 5.87. The lowest BCUT2D eigenvalue weighted by molar-refractivity contribution is -0.393. The summed E-state index contributed by atoms with van der Waals surface area (Å²) in [6, 6.07) is 0. The number of carbonyl (C=O) groups excluding carboxylic acids is 2. The van der Waals surface area contributed by atoms with Gasteiger partial charge in [0.2, 0.25) is 0 Å². The van der Waals surface area contributed by atoms with Gasteiger partial charge in [-0.3, -0.25) is 4.79 Å². The van der Waals surface area contributed by atoms with E-state index in [4.69, 9.17) is 33.2 Å². The van der Waals surface area contributed by atoms with Crippen LogP contribution in [0.1, 0.15) is 98.8 Å². The number of hydrogen-bond donors (Lipinski definition) is 8. The zero-order valence-electron chi connectivity index (χ0n) is 33.3. The Balaban J connectivity index is 1.71. The third-order valence-electron chi connectivity index (χ3n) is 10.6. The minimum absolute atomic E-state index is 0.0327. The highest BCUT2D eigenvalue weighted by Crippen LogP contribution is 2.34. The number of unbranched alkanes of at least 4 members (excludes halogenated alkanes) is 4. The zero-order chi connectivity index (χ0) is 41.7. The van der Waals surface area contributed by atoms with Crippen LogP contribution >= 0.6 is 0 Å². The second-order valence-corrected chi connectivity index (χ2v) is 15.0. The molecule has 18 heteroatoms. The van der Waals surface area contributed by atoms with Crippen molar-refractivity contribution in [2.45, 2.75) is 203 Å². The van der Waals surface area contributed by atoms with Gasteiger partial charge in [-0.1, -0.05) is 51.5 Å². The fraction of sp³-hybridized carbons (Fsp3) is 0.895. The molecule has 0 amide bonds. The monoisotopic (exact) mass is 810 g/mol. The molecule has 3 aliphatic heterocycles. The molecule has 3 aliphatic rings. The number of rotatable bonds is 21. The van der Waals surface area contributed by atoms with Crippen molar-refractivity contribution in [2.75, 3.05) is 13.7 Å². The summed E-state index contributed by atoms with van der Waals surface area (Å²) in [5, 5.41) is 85.9. The van der Waals surface area contributed by atoms with Crippen molar-refractivity contribution in [1.29, 1.82) is 0 Å². The van der Waals surface area contributed by atoms with Gasteiger partial charge >= 0.3 is 11.9 Å². The van der Waals surface area contributed by atoms with Gasteiger partial charge in [0.05, 0.1) is 44.6 Å². The van der Waals surface area contributed by atoms with Gasteiger partial charge in [-0.05, 0) is 47.0 Å². The summed E-state index contributed by atoms with van der Waals surface area (Å²) in [5.74, 6) is -1.18. The van der Waals surface area contributed by atoms with Crippen molar-refractivity contribution in [3.63, 3.8) is 0 Å². The summed E-state index contributed by atoms with van der Waals surface area (Å²) in [5.41, 5.74) is 0.267. The Morgan fingerprint density at radius 1 is 0.714 bits per heavy atom. The molecule has 3 fully saturated rings. The summed E-state index contributed by atoms with van der Waals surface area (Å²) in [4.78, 5) is 23.7. The lowest BCUT2D eigenvalue weighted by Crippen LogP contribution is -2.66. The van der Waals surface area contributed by atoms with E-state index in [2.05, 4.69) is 4.74 Å². The van der Waals surface area contributed by atoms with Crippen LogP contribution in [0.4, 0.5) is 0 Å². The molecule has 17 atom stereocenters. The Morgan fingerprint density at radius 2 is 1.29 bits per heavy atom. The van der Waals surface area contributed by atoms with Crippen LogP contribution < -0.4 is 0 Å². The van der Waals surface area contributed by atoms with Crippen molar-refractivity contribution in [3.8, 4) is 0 Å². The first-order valence-corrected chi connectivity index (χ1v) is 19.8. The third-order valence-corrected chi connectivity index (χ3v) is 10.6. The largest absolute Gasteiger partial charge is 0.469 e. The highest BCUT2D eigenvalue weighted by Gasteiger charge is 2.54. The van der Waals surface area contributed by atoms with E-state index in [9.17, 15) is 50.4 Å². The number of esters is 2. The van der Waals surface area contributed by atoms with Gasteiger partial charge in [-0.15, -0.1) is 0 Å². The van der Waals surface area contributed by atoms with E-state index in [1.165, 1.54) is 27.0 Å². The number of aliphatic hydroxyl groups excluding tert-OH is 8. The standard InChI is InChI=1S/C38H66O18/c1-7-14-23(16-13-11-9-10-12-15-22(40)17-25(41)49-6)52-37-33(28(44)26(42)20(4)50-37)56-38-34(29(45)27(43)24(18-39)53-38)55-36-31(47)30(46)32(21(5)51-36)54-35(48)19(3)8-2/h8,20-24,26-34,36-40,42-47H,7,9-18H2,1-6H3. The van der Waals surface area contributed by atoms with Crippen LogP contribution in [0.5, 0.6) is 0 Å². The fourth-order valence-electron chi connectivity index (χ4n) is 6.94. The van der Waals surface area contributed by atoms with Crippen molar-refractivity contribution in [2.24, 2.45) is 0 Å². The zero-order valence-corrected chi connectivity index (χ0v) is 33.3. The highest BCUT2D eigenvalue weighted by atomic mass is 16.8. The van der Waals surface area contributed by atoms with Crippen LogP contribution in [-0.2, 0) is 47.5 Å². The molecule has 17 unspecified atom stereocenters. The minimum Gasteiger partial charge on any atom is -0.469 e. The normalized spacial score (nSPS) is 37.8.